The number of nitrogens with one attached hydrogen (secondary N) is 2. The van der Waals surface area contributed by atoms with Gasteiger partial charge in [-0.3, -0.25) is 14.7 Å². The topological polar surface area (TPSA) is 95.9 Å². The molecule has 1 atom stereocenters. The van der Waals surface area contributed by atoms with Crippen LogP contribution in [0.15, 0.2) is 17.1 Å². The number of hydrogen-bond acceptors (Lipinski definition) is 5. The Morgan fingerprint density at radius 2 is 2.32 bits per heavy atom. The predicted octanol–water partition coefficient (Wildman–Crippen LogP) is 0.248. The molecule has 0 unspecified atom stereocenters. The van der Waals surface area contributed by atoms with Crippen LogP contribution in [-0.4, -0.2) is 45.5 Å². The summed E-state index contributed by atoms with van der Waals surface area (Å²) >= 11 is 0. The first-order valence-corrected chi connectivity index (χ1v) is 8.74. The molecule has 2 N–H and O–H groups in total. The van der Waals surface area contributed by atoms with E-state index in [0.29, 0.717) is 18.2 Å². The van der Waals surface area contributed by atoms with Crippen molar-refractivity contribution in [3.05, 3.63) is 39.6 Å². The van der Waals surface area contributed by atoms with Crippen LogP contribution >= 0.6 is 0 Å². The number of nitrogens with zero attached hydrogens (tertiary/aromatic N) is 4. The highest BCUT2D eigenvalue weighted by atomic mass is 16.2. The van der Waals surface area contributed by atoms with E-state index >= 15 is 0 Å². The van der Waals surface area contributed by atoms with Crippen molar-refractivity contribution in [2.24, 2.45) is 13.0 Å². The molecule has 132 valence electrons. The number of aromatic nitrogens is 4. The maximum atomic E-state index is 12.4. The van der Waals surface area contributed by atoms with Gasteiger partial charge in [0.25, 0.3) is 11.5 Å². The van der Waals surface area contributed by atoms with Crippen LogP contribution in [-0.2, 0) is 19.9 Å². The van der Waals surface area contributed by atoms with E-state index < -0.39 is 0 Å². The normalized spacial score (nSPS) is 19.2. The van der Waals surface area contributed by atoms with E-state index in [1.165, 1.54) is 4.68 Å². The zero-order valence-corrected chi connectivity index (χ0v) is 14.3. The molecule has 1 fully saturated rings. The van der Waals surface area contributed by atoms with Crippen LogP contribution in [0.2, 0.25) is 0 Å². The maximum Gasteiger partial charge on any atom is 0.272 e. The Morgan fingerprint density at radius 3 is 3.16 bits per heavy atom. The summed E-state index contributed by atoms with van der Waals surface area (Å²) in [6, 6.07) is 1.61. The fourth-order valence-electron chi connectivity index (χ4n) is 3.69. The summed E-state index contributed by atoms with van der Waals surface area (Å²) in [5.41, 5.74) is 3.48. The fourth-order valence-corrected chi connectivity index (χ4v) is 3.69. The first-order chi connectivity index (χ1) is 12.1. The van der Waals surface area contributed by atoms with E-state index in [1.54, 1.807) is 19.3 Å². The molecule has 0 radical (unpaired) electrons. The van der Waals surface area contributed by atoms with E-state index in [0.717, 1.165) is 55.7 Å². The van der Waals surface area contributed by atoms with Crippen molar-refractivity contribution in [1.29, 1.82) is 0 Å². The highest BCUT2D eigenvalue weighted by Gasteiger charge is 2.26. The first-order valence-electron chi connectivity index (χ1n) is 8.74. The smallest absolute Gasteiger partial charge is 0.272 e. The molecule has 0 saturated carbocycles. The first kappa shape index (κ1) is 15.9. The highest BCUT2D eigenvalue weighted by Crippen LogP contribution is 2.24. The average molecular weight is 342 g/mol. The molecule has 2 aromatic heterocycles. The zero-order chi connectivity index (χ0) is 17.4. The Morgan fingerprint density at radius 1 is 1.44 bits per heavy atom. The van der Waals surface area contributed by atoms with Crippen molar-refractivity contribution < 1.29 is 4.79 Å². The molecule has 8 nitrogen and oxygen atoms in total. The largest absolute Gasteiger partial charge is 0.370 e. The summed E-state index contributed by atoms with van der Waals surface area (Å²) in [6.07, 6.45) is 5.70. The Hall–Kier alpha value is -2.64. The lowest BCUT2D eigenvalue weighted by Gasteiger charge is -2.18. The standard InChI is InChI=1S/C17H22N6O2/c1-22-15(24)7-12(9-19-22)23-6-5-11(10-23)8-18-17(25)16-13-3-2-4-14(13)20-21-16/h7,9,11H,2-6,8,10H2,1H3,(H,18,25)(H,20,21)/t11-/m1/s1. The van der Waals surface area contributed by atoms with Gasteiger partial charge in [0.15, 0.2) is 5.69 Å². The number of hydrogen-bond donors (Lipinski definition) is 2. The molecule has 0 bridgehead atoms. The third-order valence-corrected chi connectivity index (χ3v) is 5.18. The second-order valence-corrected chi connectivity index (χ2v) is 6.87. The number of rotatable bonds is 4. The van der Waals surface area contributed by atoms with E-state index in [4.69, 9.17) is 0 Å². The van der Waals surface area contributed by atoms with Crippen molar-refractivity contribution in [3.8, 4) is 0 Å². The van der Waals surface area contributed by atoms with Gasteiger partial charge in [-0.25, -0.2) is 4.68 Å². The summed E-state index contributed by atoms with van der Waals surface area (Å²) in [6.45, 7) is 2.30. The summed E-state index contributed by atoms with van der Waals surface area (Å²) in [5, 5.41) is 14.2. The van der Waals surface area contributed by atoms with Crippen LogP contribution < -0.4 is 15.8 Å². The van der Waals surface area contributed by atoms with Crippen LogP contribution in [0.25, 0.3) is 0 Å². The highest BCUT2D eigenvalue weighted by molar-refractivity contribution is 5.94. The lowest BCUT2D eigenvalue weighted by atomic mass is 10.1. The van der Waals surface area contributed by atoms with E-state index in [9.17, 15) is 9.59 Å². The van der Waals surface area contributed by atoms with E-state index in [2.05, 4.69) is 25.5 Å². The summed E-state index contributed by atoms with van der Waals surface area (Å²) < 4.78 is 1.32. The second kappa shape index (κ2) is 6.34. The molecule has 1 amide bonds. The lowest BCUT2D eigenvalue weighted by molar-refractivity contribution is 0.0942. The Labute approximate surface area is 145 Å². The molecular formula is C17H22N6O2. The maximum absolute atomic E-state index is 12.4. The van der Waals surface area contributed by atoms with Crippen molar-refractivity contribution in [3.63, 3.8) is 0 Å². The molecule has 1 aliphatic heterocycles. The SMILES string of the molecule is Cn1ncc(N2CC[C@H](CNC(=O)c3n[nH]c4c3CCC4)C2)cc1=O. The predicted molar refractivity (Wildman–Crippen MR) is 92.7 cm³/mol. The molecule has 4 rings (SSSR count). The number of aromatic amines is 1. The van der Waals surface area contributed by atoms with Crippen molar-refractivity contribution in [2.45, 2.75) is 25.7 Å². The third-order valence-electron chi connectivity index (χ3n) is 5.18. The molecule has 3 heterocycles. The Bertz CT molecular complexity index is 855. The third kappa shape index (κ3) is 3.04. The van der Waals surface area contributed by atoms with Crippen molar-refractivity contribution in [2.75, 3.05) is 24.5 Å². The molecule has 8 heteroatoms. The number of aryl methyl sites for hydroxylation is 2. The van der Waals surface area contributed by atoms with Crippen molar-refractivity contribution in [1.82, 2.24) is 25.3 Å². The van der Waals surface area contributed by atoms with E-state index in [1.807, 2.05) is 0 Å². The van der Waals surface area contributed by atoms with Gasteiger partial charge in [-0.05, 0) is 31.6 Å². The number of fused-ring (bicyclic) bond motifs is 1. The number of carbonyl (C=O) groups excluding carboxylic acids is 1. The Balaban J connectivity index is 1.34. The number of anilines is 1. The number of H-pyrrole nitrogens is 1. The van der Waals surface area contributed by atoms with Gasteiger partial charge in [-0.1, -0.05) is 0 Å². The van der Waals surface area contributed by atoms with Crippen LogP contribution in [0, 0.1) is 5.92 Å². The molecule has 25 heavy (non-hydrogen) atoms. The van der Waals surface area contributed by atoms with Crippen LogP contribution in [0.3, 0.4) is 0 Å². The van der Waals surface area contributed by atoms with Gasteiger partial charge in [0.1, 0.15) is 0 Å². The fraction of sp³-hybridized carbons (Fsp3) is 0.529. The zero-order valence-electron chi connectivity index (χ0n) is 14.3. The average Bonchev–Trinajstić information content (AvgIpc) is 3.31. The molecule has 1 aliphatic carbocycles. The molecule has 0 spiro atoms. The molecule has 0 aromatic carbocycles. The summed E-state index contributed by atoms with van der Waals surface area (Å²) in [5.74, 6) is 0.271. The molecule has 2 aromatic rings. The minimum atomic E-state index is -0.110. The van der Waals surface area contributed by atoms with Gasteiger partial charge in [0.2, 0.25) is 0 Å². The van der Waals surface area contributed by atoms with Crippen molar-refractivity contribution >= 4 is 11.6 Å². The molecule has 2 aliphatic rings. The van der Waals surface area contributed by atoms with Gasteiger partial charge < -0.3 is 10.2 Å². The monoisotopic (exact) mass is 342 g/mol. The van der Waals surface area contributed by atoms with Gasteiger partial charge in [0.05, 0.1) is 11.9 Å². The lowest BCUT2D eigenvalue weighted by Crippen LogP contribution is -2.32. The van der Waals surface area contributed by atoms with Crippen LogP contribution in [0.1, 0.15) is 34.6 Å². The van der Waals surface area contributed by atoms with E-state index in [-0.39, 0.29) is 11.5 Å². The van der Waals surface area contributed by atoms with Crippen LogP contribution in [0.5, 0.6) is 0 Å². The van der Waals surface area contributed by atoms with Crippen LogP contribution in [0.4, 0.5) is 5.69 Å². The molecule has 1 saturated heterocycles. The second-order valence-electron chi connectivity index (χ2n) is 6.87. The molecular weight excluding hydrogens is 320 g/mol. The quantitative estimate of drug-likeness (QED) is 0.830. The summed E-state index contributed by atoms with van der Waals surface area (Å²) in [7, 11) is 1.64. The van der Waals surface area contributed by atoms with Gasteiger partial charge in [-0.2, -0.15) is 10.2 Å². The minimum absolute atomic E-state index is 0.0897. The number of amides is 1. The van der Waals surface area contributed by atoms with Gasteiger partial charge in [-0.15, -0.1) is 0 Å². The minimum Gasteiger partial charge on any atom is -0.370 e. The van der Waals surface area contributed by atoms with Gasteiger partial charge in [0, 0.05) is 44.0 Å². The Kier molecular flexibility index (Phi) is 4.03. The summed E-state index contributed by atoms with van der Waals surface area (Å²) in [4.78, 5) is 26.3. The number of carbonyl (C=O) groups is 1. The van der Waals surface area contributed by atoms with Gasteiger partial charge >= 0.3 is 0 Å².